The molecule has 0 heterocycles. The summed E-state index contributed by atoms with van der Waals surface area (Å²) in [6.07, 6.45) is 19.4. The highest BCUT2D eigenvalue weighted by Gasteiger charge is 1.73. The molecule has 0 N–H and O–H groups in total. The van der Waals surface area contributed by atoms with E-state index in [0.717, 1.165) is 6.42 Å². The Hall–Kier alpha value is -1.39. The molecule has 0 fully saturated rings. The maximum atomic E-state index is 3.56. The van der Waals surface area contributed by atoms with Crippen molar-refractivity contribution in [1.82, 2.24) is 0 Å². The topological polar surface area (TPSA) is 0 Å². The van der Waals surface area contributed by atoms with Gasteiger partial charge in [0.1, 0.15) is 0 Å². The minimum Gasteiger partial charge on any atom is -0.0991 e. The van der Waals surface area contributed by atoms with E-state index < -0.39 is 0 Å². The van der Waals surface area contributed by atoms with E-state index in [-0.39, 0.29) is 0 Å². The predicted octanol–water partition coefficient (Wildman–Crippen LogP) is 3.61. The van der Waals surface area contributed by atoms with Gasteiger partial charge in [-0.3, -0.25) is 0 Å². The van der Waals surface area contributed by atoms with Crippen molar-refractivity contribution in [2.24, 2.45) is 0 Å². The Kier molecular flexibility index (Phi) is 8.50. The molecule has 0 atom stereocenters. The van der Waals surface area contributed by atoms with Crippen molar-refractivity contribution in [3.63, 3.8) is 0 Å². The van der Waals surface area contributed by atoms with Gasteiger partial charge in [0.15, 0.2) is 6.08 Å². The van der Waals surface area contributed by atoms with Crippen LogP contribution in [0, 0.1) is 6.08 Å². The van der Waals surface area contributed by atoms with Crippen LogP contribution in [-0.4, -0.2) is 0 Å². The second-order valence-electron chi connectivity index (χ2n) is 2.11. The molecule has 62 valence electrons. The smallest absolute Gasteiger partial charge is 0.0991 e. The summed E-state index contributed by atoms with van der Waals surface area (Å²) in [6.45, 7) is 5.63. The summed E-state index contributed by atoms with van der Waals surface area (Å²) < 4.78 is 0. The van der Waals surface area contributed by atoms with Crippen LogP contribution in [0.2, 0.25) is 0 Å². The van der Waals surface area contributed by atoms with Crippen molar-refractivity contribution >= 4 is 0 Å². The Bertz CT molecular complexity index is 202. The van der Waals surface area contributed by atoms with Crippen LogP contribution in [-0.2, 0) is 0 Å². The van der Waals surface area contributed by atoms with Gasteiger partial charge in [-0.05, 0) is 13.0 Å². The fourth-order valence-corrected chi connectivity index (χ4v) is 0.577. The van der Waals surface area contributed by atoms with E-state index in [1.807, 2.05) is 42.5 Å². The van der Waals surface area contributed by atoms with Crippen molar-refractivity contribution in [3.05, 3.63) is 61.3 Å². The first-order chi connectivity index (χ1) is 5.91. The quantitative estimate of drug-likeness (QED) is 0.424. The number of rotatable bonds is 5. The molecule has 0 aromatic carbocycles. The Morgan fingerprint density at radius 1 is 1.00 bits per heavy atom. The second-order valence-corrected chi connectivity index (χ2v) is 2.11. The predicted molar refractivity (Wildman–Crippen MR) is 55.7 cm³/mol. The molecule has 0 bridgehead atoms. The fraction of sp³-hybridized carbons (Fsp3) is 0.167. The zero-order valence-corrected chi connectivity index (χ0v) is 7.53. The fourth-order valence-electron chi connectivity index (χ4n) is 0.577. The van der Waals surface area contributed by atoms with Crippen molar-refractivity contribution < 1.29 is 0 Å². The lowest BCUT2D eigenvalue weighted by atomic mass is 10.3. The van der Waals surface area contributed by atoms with Crippen LogP contribution in [0.25, 0.3) is 0 Å². The van der Waals surface area contributed by atoms with E-state index in [1.165, 1.54) is 0 Å². The average Bonchev–Trinajstić information content (AvgIpc) is 2.10. The maximum absolute atomic E-state index is 3.56. The molecule has 12 heavy (non-hydrogen) atoms. The van der Waals surface area contributed by atoms with Crippen LogP contribution in [0.5, 0.6) is 0 Å². The van der Waals surface area contributed by atoms with E-state index in [4.69, 9.17) is 0 Å². The van der Waals surface area contributed by atoms with Crippen LogP contribution in [0.1, 0.15) is 13.3 Å². The van der Waals surface area contributed by atoms with Crippen molar-refractivity contribution in [1.29, 1.82) is 0 Å². The van der Waals surface area contributed by atoms with E-state index in [2.05, 4.69) is 19.6 Å². The highest BCUT2D eigenvalue weighted by atomic mass is 13.7. The van der Waals surface area contributed by atoms with Gasteiger partial charge in [-0.1, -0.05) is 30.9 Å². The zero-order chi connectivity index (χ0) is 9.07. The first-order valence-corrected chi connectivity index (χ1v) is 4.09. The van der Waals surface area contributed by atoms with Gasteiger partial charge in [0.25, 0.3) is 0 Å². The van der Waals surface area contributed by atoms with Crippen molar-refractivity contribution in [2.45, 2.75) is 13.3 Å². The van der Waals surface area contributed by atoms with E-state index >= 15 is 0 Å². The molecule has 0 saturated heterocycles. The Labute approximate surface area is 75.3 Å². The lowest BCUT2D eigenvalue weighted by Crippen LogP contribution is -1.53. The minimum absolute atomic E-state index is 0.963. The first-order valence-electron chi connectivity index (χ1n) is 4.09. The summed E-state index contributed by atoms with van der Waals surface area (Å²) in [7, 11) is 0. The third-order valence-electron chi connectivity index (χ3n) is 1.11. The van der Waals surface area contributed by atoms with Gasteiger partial charge in [-0.15, -0.1) is 0 Å². The molecule has 0 radical (unpaired) electrons. The molecule has 0 aliphatic carbocycles. The molecule has 0 saturated carbocycles. The van der Waals surface area contributed by atoms with Gasteiger partial charge >= 0.3 is 0 Å². The molecule has 0 rings (SSSR count). The van der Waals surface area contributed by atoms with Gasteiger partial charge in [-0.2, -0.15) is 0 Å². The summed E-state index contributed by atoms with van der Waals surface area (Å²) in [6, 6.07) is 0. The zero-order valence-electron chi connectivity index (χ0n) is 7.53. The third kappa shape index (κ3) is 8.61. The maximum Gasteiger partial charge on any atom is 0.154 e. The lowest BCUT2D eigenvalue weighted by molar-refractivity contribution is 1.19. The van der Waals surface area contributed by atoms with Crippen molar-refractivity contribution in [3.8, 4) is 0 Å². The Balaban J connectivity index is 3.58. The molecule has 0 aliphatic heterocycles. The van der Waals surface area contributed by atoms with E-state index in [9.17, 15) is 0 Å². The molecular weight excluding hydrogens is 144 g/mol. The largest absolute Gasteiger partial charge is 0.154 e. The molecule has 0 aromatic rings. The van der Waals surface area contributed by atoms with Crippen LogP contribution in [0.4, 0.5) is 0 Å². The average molecular weight is 159 g/mol. The van der Waals surface area contributed by atoms with Gasteiger partial charge in [-0.25, -0.2) is 0 Å². The second kappa shape index (κ2) is 9.61. The number of hydrogen-bond acceptors (Lipinski definition) is 0. The normalized spacial score (nSPS) is 12.1. The van der Waals surface area contributed by atoms with Gasteiger partial charge in [0, 0.05) is 6.08 Å². The lowest BCUT2D eigenvalue weighted by Gasteiger charge is -1.68. The monoisotopic (exact) mass is 159 g/mol. The van der Waals surface area contributed by atoms with Crippen molar-refractivity contribution in [2.75, 3.05) is 0 Å². The van der Waals surface area contributed by atoms with E-state index in [0.29, 0.717) is 0 Å². The molecule has 0 unspecified atom stereocenters. The van der Waals surface area contributed by atoms with Gasteiger partial charge < -0.3 is 0 Å². The van der Waals surface area contributed by atoms with Crippen LogP contribution in [0.3, 0.4) is 0 Å². The molecular formula is C12H15+. The summed E-state index contributed by atoms with van der Waals surface area (Å²) in [5.74, 6) is 0. The van der Waals surface area contributed by atoms with Crippen LogP contribution >= 0.6 is 0 Å². The summed E-state index contributed by atoms with van der Waals surface area (Å²) >= 11 is 0. The summed E-state index contributed by atoms with van der Waals surface area (Å²) in [5, 5.41) is 0. The van der Waals surface area contributed by atoms with Crippen LogP contribution in [0.15, 0.2) is 55.2 Å². The first kappa shape index (κ1) is 10.6. The highest BCUT2D eigenvalue weighted by Crippen LogP contribution is 1.83. The molecule has 0 nitrogen and oxygen atoms in total. The third-order valence-corrected chi connectivity index (χ3v) is 1.11. The Morgan fingerprint density at radius 2 is 1.58 bits per heavy atom. The molecule has 0 aliphatic rings. The molecule has 0 aromatic heterocycles. The summed E-state index contributed by atoms with van der Waals surface area (Å²) in [5.41, 5.74) is 0. The summed E-state index contributed by atoms with van der Waals surface area (Å²) in [4.78, 5) is 0. The van der Waals surface area contributed by atoms with E-state index in [1.54, 1.807) is 6.08 Å². The number of hydrogen-bond donors (Lipinski definition) is 0. The molecule has 0 spiro atoms. The van der Waals surface area contributed by atoms with Crippen LogP contribution < -0.4 is 0 Å². The minimum atomic E-state index is 0.963. The molecule has 0 heteroatoms. The SMILES string of the molecule is C=CC=CC=CC=CC=[C+]CC. The highest BCUT2D eigenvalue weighted by molar-refractivity contribution is 5.16. The standard InChI is InChI=1S/C12H15/c1-3-5-7-9-11-12-10-8-6-4-2/h3,5,7-12H,1,4H2,2H3/q+1. The van der Waals surface area contributed by atoms with Gasteiger partial charge in [0.05, 0.1) is 18.6 Å². The Morgan fingerprint density at radius 3 is 2.17 bits per heavy atom. The molecule has 0 amide bonds. The number of allylic oxidation sites excluding steroid dienone is 9. The van der Waals surface area contributed by atoms with Gasteiger partial charge in [0.2, 0.25) is 0 Å².